The number of rotatable bonds is 64. The molecule has 2 aromatic heterocycles. The van der Waals surface area contributed by atoms with Gasteiger partial charge in [0.05, 0.1) is 0 Å². The van der Waals surface area contributed by atoms with Crippen molar-refractivity contribution in [2.75, 3.05) is 0 Å². The third-order valence-electron chi connectivity index (χ3n) is 26.0. The van der Waals surface area contributed by atoms with Crippen LogP contribution in [-0.4, -0.2) is 54.2 Å². The van der Waals surface area contributed by atoms with Gasteiger partial charge in [-0.05, 0) is 0 Å². The van der Waals surface area contributed by atoms with Crippen LogP contribution in [0.3, 0.4) is 0 Å². The van der Waals surface area contributed by atoms with Gasteiger partial charge in [-0.15, -0.1) is 0 Å². The quantitative estimate of drug-likeness (QED) is 0.0288. The first-order valence-corrected chi connectivity index (χ1v) is 61.7. The molecule has 0 saturated carbocycles. The van der Waals surface area contributed by atoms with Gasteiger partial charge in [-0.2, -0.15) is 0 Å². The van der Waals surface area contributed by atoms with E-state index in [-0.39, 0.29) is 11.6 Å². The average Bonchev–Trinajstić information content (AvgIpc) is 1.50. The molecular weight excluding hydrogens is 1500 g/mol. The molecule has 0 bridgehead atoms. The Morgan fingerprint density at radius 1 is 0.255 bits per heavy atom. The number of fused-ring (bicyclic) bond motifs is 10. The summed E-state index contributed by atoms with van der Waals surface area (Å²) < 4.78 is 75.6. The molecular formula is C92H156F2N4S2Sn2. The summed E-state index contributed by atoms with van der Waals surface area (Å²) in [6.45, 7) is 23.7. The smallest absolute Gasteiger partial charge is 0.0654 e. The van der Waals surface area contributed by atoms with E-state index < -0.39 is 47.6 Å². The molecule has 3 aromatic carbocycles. The molecule has 0 aliphatic heterocycles. The topological polar surface area (TPSA) is 51.6 Å². The molecule has 10 heteroatoms. The first-order chi connectivity index (χ1) is 50.1. The van der Waals surface area contributed by atoms with Gasteiger partial charge in [0.15, 0.2) is 0 Å². The minimum absolute atomic E-state index is 0.0959. The summed E-state index contributed by atoms with van der Waals surface area (Å²) in [5.41, 5.74) is 9.70. The van der Waals surface area contributed by atoms with E-state index in [4.69, 9.17) is 17.5 Å². The summed E-state index contributed by atoms with van der Waals surface area (Å²) >= 11 is -3.97. The van der Waals surface area contributed by atoms with Crippen molar-refractivity contribution in [3.8, 4) is 22.3 Å². The Morgan fingerprint density at radius 2 is 0.451 bits per heavy atom. The Bertz CT molecular complexity index is 2800. The molecule has 5 aromatic rings. The van der Waals surface area contributed by atoms with E-state index in [2.05, 4.69) is 81.4 Å². The molecule has 2 aliphatic carbocycles. The second-order valence-corrected chi connectivity index (χ2v) is 61.1. The number of unbranched alkanes of at least 4 members (excludes halogenated alkanes) is 42. The number of nitrogens with zero attached hydrogens (tertiary/aromatic N) is 4. The van der Waals surface area contributed by atoms with Crippen molar-refractivity contribution in [2.24, 2.45) is 0 Å². The van der Waals surface area contributed by atoms with Crippen LogP contribution in [0.2, 0.25) is 26.6 Å². The van der Waals surface area contributed by atoms with Crippen molar-refractivity contribution >= 4 is 89.4 Å². The van der Waals surface area contributed by atoms with E-state index in [1.807, 2.05) is 0 Å². The van der Waals surface area contributed by atoms with Crippen LogP contribution in [0.25, 0.3) is 44.3 Å². The van der Waals surface area contributed by atoms with Crippen molar-refractivity contribution in [3.63, 3.8) is 0 Å². The molecule has 578 valence electrons. The fourth-order valence-electron chi connectivity index (χ4n) is 19.9. The van der Waals surface area contributed by atoms with Gasteiger partial charge in [-0.1, -0.05) is 105 Å². The number of hydrogen-bond donors (Lipinski definition) is 0. The zero-order valence-electron chi connectivity index (χ0n) is 68.4. The predicted molar refractivity (Wildman–Crippen MR) is 456 cm³/mol. The summed E-state index contributed by atoms with van der Waals surface area (Å²) in [7, 11) is 0. The van der Waals surface area contributed by atoms with Gasteiger partial charge in [-0.3, -0.25) is 0 Å². The zero-order valence-corrected chi connectivity index (χ0v) is 75.7. The SMILES string of the molecule is CCCCCCCCCCCCC1(CCCCCCCCCCCC)c2c[c]([Sn]([CH2]CCC)([CH2]CCC)[CH2]CCC)c3nsnc3c2-c2c(F)c3c(c(F)c21)-c1c(c[c]([Sn]([CH2]CCC)([CH2]CCC)[CH2]CCC)c2nsnc12)C3(CCCCCCCCCCCC)CCCCCCCCCCCC. The van der Waals surface area contributed by atoms with Crippen molar-refractivity contribution in [2.45, 2.75) is 466 Å². The number of hydrogen-bond acceptors (Lipinski definition) is 6. The molecule has 0 N–H and O–H groups in total. The predicted octanol–water partition coefficient (Wildman–Crippen LogP) is 31.9. The molecule has 0 radical (unpaired) electrons. The molecule has 0 saturated heterocycles. The van der Waals surface area contributed by atoms with Gasteiger partial charge >= 0.3 is 545 Å². The maximum atomic E-state index is 21.2. The van der Waals surface area contributed by atoms with Crippen LogP contribution in [-0.2, 0) is 10.8 Å². The van der Waals surface area contributed by atoms with Gasteiger partial charge in [0.25, 0.3) is 0 Å². The summed E-state index contributed by atoms with van der Waals surface area (Å²) in [6, 6.07) is 5.46. The fraction of sp³-hybridized carbons (Fsp3) is 0.804. The van der Waals surface area contributed by atoms with Crippen LogP contribution in [0, 0.1) is 11.6 Å². The number of benzene rings is 3. The fourth-order valence-corrected chi connectivity index (χ4v) is 54.4. The van der Waals surface area contributed by atoms with Gasteiger partial charge < -0.3 is 0 Å². The van der Waals surface area contributed by atoms with E-state index in [0.29, 0.717) is 22.3 Å². The first kappa shape index (κ1) is 88.0. The van der Waals surface area contributed by atoms with E-state index in [0.717, 1.165) is 110 Å². The molecule has 0 amide bonds. The normalized spacial score (nSPS) is 13.9. The molecule has 102 heavy (non-hydrogen) atoms. The van der Waals surface area contributed by atoms with Gasteiger partial charge in [-0.25, -0.2) is 0 Å². The van der Waals surface area contributed by atoms with Crippen molar-refractivity contribution in [3.05, 3.63) is 46.0 Å². The van der Waals surface area contributed by atoms with E-state index in [1.165, 1.54) is 344 Å². The summed E-state index contributed by atoms with van der Waals surface area (Å²) in [5, 5.41) is 0. The Kier molecular flexibility index (Phi) is 42.4. The Morgan fingerprint density at radius 3 is 0.667 bits per heavy atom. The van der Waals surface area contributed by atoms with E-state index in [9.17, 15) is 0 Å². The van der Waals surface area contributed by atoms with E-state index in [1.54, 1.807) is 7.16 Å². The van der Waals surface area contributed by atoms with Crippen molar-refractivity contribution < 1.29 is 8.78 Å². The van der Waals surface area contributed by atoms with Gasteiger partial charge in [0.1, 0.15) is 0 Å². The minimum Gasteiger partial charge on any atom is -0.0654 e. The third-order valence-corrected chi connectivity index (χ3v) is 58.2. The van der Waals surface area contributed by atoms with E-state index >= 15 is 8.78 Å². The van der Waals surface area contributed by atoms with Gasteiger partial charge in [0.2, 0.25) is 0 Å². The van der Waals surface area contributed by atoms with Crippen LogP contribution in [0.4, 0.5) is 8.78 Å². The van der Waals surface area contributed by atoms with Crippen LogP contribution in [0.15, 0.2) is 12.1 Å². The zero-order chi connectivity index (χ0) is 72.7. The summed E-state index contributed by atoms with van der Waals surface area (Å²) in [5.74, 6) is -0.192. The second-order valence-electron chi connectivity index (χ2n) is 33.8. The monoisotopic (exact) mass is 1660 g/mol. The summed E-state index contributed by atoms with van der Waals surface area (Å²) in [6.07, 6.45) is 68.3. The van der Waals surface area contributed by atoms with Crippen LogP contribution in [0.5, 0.6) is 0 Å². The van der Waals surface area contributed by atoms with Crippen molar-refractivity contribution in [1.82, 2.24) is 17.5 Å². The second kappa shape index (κ2) is 49.1. The van der Waals surface area contributed by atoms with Gasteiger partial charge in [0, 0.05) is 0 Å². The first-order valence-electron chi connectivity index (χ1n) is 45.3. The molecule has 7 rings (SSSR count). The van der Waals surface area contributed by atoms with Crippen LogP contribution < -0.4 is 7.16 Å². The molecule has 0 atom stereocenters. The molecule has 0 unspecified atom stereocenters. The molecule has 0 fully saturated rings. The Hall–Kier alpha value is -1.24. The standard InChI is InChI=1S/C68H102F2N4S2.6C4H9.2Sn/c1-5-9-13-17-21-25-29-33-37-41-49-67(50-42-38-34-30-26-22-18-14-10-6-2)53-45-47-55-65(73-75-71-55)57(53)59-61(67)63(69)60-58-54(46-48-56-66(58)74-76-72-56)68(62(60)64(59)70,51-43-39-35-31-27-23-19-15-11-7-3)52-44-40-36-32-28-24-20-16-12-8-4;6*1-3-4-2;;/h45-46H,5-44,49-52H2,1-4H3;6*1,3-4H2,2H3;;. The Balaban J connectivity index is 1.55. The Labute approximate surface area is 644 Å². The molecule has 2 aliphatic rings. The summed E-state index contributed by atoms with van der Waals surface area (Å²) in [4.78, 5) is 0. The number of aromatic nitrogens is 4. The van der Waals surface area contributed by atoms with Crippen LogP contribution >= 0.6 is 23.5 Å². The third kappa shape index (κ3) is 23.4. The maximum absolute atomic E-state index is 21.2. The molecule has 2 heterocycles. The minimum atomic E-state index is -3.35. The van der Waals surface area contributed by atoms with Crippen LogP contribution in [0.1, 0.15) is 451 Å². The molecule has 0 spiro atoms. The molecule has 4 nitrogen and oxygen atoms in total. The number of halogens is 2. The van der Waals surface area contributed by atoms with Crippen molar-refractivity contribution in [1.29, 1.82) is 0 Å². The average molecular weight is 1660 g/mol.